The number of fused-ring (bicyclic) bond motifs is 5. The third-order valence-corrected chi connectivity index (χ3v) is 45.6. The molecule has 1 aliphatic heterocycles. The van der Waals surface area contributed by atoms with E-state index in [1.165, 1.54) is 91.6 Å². The van der Waals surface area contributed by atoms with E-state index in [4.69, 9.17) is 0 Å². The fourth-order valence-corrected chi connectivity index (χ4v) is 51.2. The Morgan fingerprint density at radius 1 is 0.403 bits per heavy atom. The third kappa shape index (κ3) is 6.83. The molecule has 0 amide bonds. The van der Waals surface area contributed by atoms with Gasteiger partial charge in [-0.3, -0.25) is 0 Å². The van der Waals surface area contributed by atoms with Crippen LogP contribution in [-0.2, 0) is 27.0 Å². The molecular formula is C58H63Cl2HfSi. The average Bonchev–Trinajstić information content (AvgIpc) is 3.93. The van der Waals surface area contributed by atoms with Gasteiger partial charge in [0, 0.05) is 0 Å². The maximum atomic E-state index is 9.55. The van der Waals surface area contributed by atoms with E-state index < -0.39 is 25.7 Å². The molecular weight excluding hydrogens is 974 g/mol. The summed E-state index contributed by atoms with van der Waals surface area (Å²) >= 11 is -6.00. The Kier molecular flexibility index (Phi) is 10.4. The van der Waals surface area contributed by atoms with E-state index in [1.54, 1.807) is 0 Å². The molecule has 2 aliphatic carbocycles. The van der Waals surface area contributed by atoms with Crippen LogP contribution in [0.5, 0.6) is 0 Å². The van der Waals surface area contributed by atoms with Gasteiger partial charge < -0.3 is 0 Å². The van der Waals surface area contributed by atoms with Gasteiger partial charge >= 0.3 is 386 Å². The fourth-order valence-electron chi connectivity index (χ4n) is 11.5. The first-order valence-corrected chi connectivity index (χ1v) is 38.9. The summed E-state index contributed by atoms with van der Waals surface area (Å²) in [5.41, 5.74) is 17.9. The van der Waals surface area contributed by atoms with Gasteiger partial charge in [0.05, 0.1) is 0 Å². The maximum absolute atomic E-state index is 9.55. The van der Waals surface area contributed by atoms with Gasteiger partial charge in [0.2, 0.25) is 0 Å². The predicted octanol–water partition coefficient (Wildman–Crippen LogP) is 14.7. The van der Waals surface area contributed by atoms with E-state index in [9.17, 15) is 17.2 Å². The molecule has 0 radical (unpaired) electrons. The number of hydrogen-bond donors (Lipinski definition) is 0. The van der Waals surface area contributed by atoms with Crippen molar-refractivity contribution in [1.82, 2.24) is 0 Å². The standard InChI is InChI=1S/2C23H27.C12H9Si.2ClH.Hf/c2*1-22(2,3)17-14-16-10-9-12-18(20(16)15-17)19-11-7-8-13-21(19)23(4,5)6;1-3-7-11-9(5-1)10-6-2-4-8-12(10)13-11;;;/h2*7-15H,1-6H3;1-7H,13H2;2*1H;/q;;;;;+2/p-2. The Morgan fingerprint density at radius 2 is 0.790 bits per heavy atom. The zero-order chi connectivity index (χ0) is 44.4. The Labute approximate surface area is 383 Å². The van der Waals surface area contributed by atoms with Gasteiger partial charge in [-0.2, -0.15) is 0 Å². The van der Waals surface area contributed by atoms with Crippen LogP contribution in [0.3, 0.4) is 0 Å². The number of rotatable bonds is 5. The van der Waals surface area contributed by atoms with Gasteiger partial charge in [-0.05, 0) is 0 Å². The Balaban J connectivity index is 1.41. The van der Waals surface area contributed by atoms with Crippen LogP contribution in [0.15, 0.2) is 139 Å². The van der Waals surface area contributed by atoms with E-state index in [1.807, 2.05) is 0 Å². The summed E-state index contributed by atoms with van der Waals surface area (Å²) in [4.78, 5) is 0. The van der Waals surface area contributed by atoms with E-state index in [2.05, 4.69) is 223 Å². The summed E-state index contributed by atoms with van der Waals surface area (Å²) in [7, 11) is 18.2. The van der Waals surface area contributed by atoms with Crippen molar-refractivity contribution >= 4 is 52.5 Å². The number of halogens is 2. The molecule has 0 fully saturated rings. The summed E-state index contributed by atoms with van der Waals surface area (Å²) in [5, 5.41) is 2.95. The van der Waals surface area contributed by atoms with Crippen molar-refractivity contribution in [3.63, 3.8) is 0 Å². The predicted molar refractivity (Wildman–Crippen MR) is 273 cm³/mol. The van der Waals surface area contributed by atoms with Crippen molar-refractivity contribution in [3.05, 3.63) is 172 Å². The molecule has 317 valence electrons. The summed E-state index contributed by atoms with van der Waals surface area (Å²) in [6.07, 6.45) is 5.08. The van der Waals surface area contributed by atoms with Crippen molar-refractivity contribution in [3.8, 4) is 33.4 Å². The molecule has 0 spiro atoms. The zero-order valence-corrected chi connectivity index (χ0v) is 45.4. The van der Waals surface area contributed by atoms with Crippen molar-refractivity contribution in [1.29, 1.82) is 0 Å². The molecule has 0 aromatic heterocycles. The SMILES string of the molecule is CC(C)(C)C1=Cc2c(-c3ccccc3C(C)(C)C)cccc2[CH]1[Hf]([Cl])([Cl])([c]1cccc2c1[SiH2]c1ccccc1-2)[CH]1C(C(C)(C)C)=Cc2c(-c3ccccc3C(C)(C)C)cccc21. The molecule has 0 nitrogen and oxygen atoms in total. The molecule has 2 unspecified atom stereocenters. The van der Waals surface area contributed by atoms with Crippen LogP contribution in [0.25, 0.3) is 45.5 Å². The Morgan fingerprint density at radius 3 is 1.24 bits per heavy atom. The Hall–Kier alpha value is -3.53. The van der Waals surface area contributed by atoms with E-state index in [-0.39, 0.29) is 29.0 Å². The van der Waals surface area contributed by atoms with Crippen molar-refractivity contribution in [2.24, 2.45) is 10.8 Å². The molecule has 0 bridgehead atoms. The molecule has 0 saturated carbocycles. The third-order valence-electron chi connectivity index (χ3n) is 14.3. The molecule has 3 aliphatic rings. The normalized spacial score (nSPS) is 18.4. The molecule has 4 heteroatoms. The van der Waals surface area contributed by atoms with Crippen LogP contribution in [0.1, 0.15) is 124 Å². The van der Waals surface area contributed by atoms with Crippen LogP contribution >= 0.6 is 17.2 Å². The van der Waals surface area contributed by atoms with Gasteiger partial charge in [-0.25, -0.2) is 0 Å². The van der Waals surface area contributed by atoms with Crippen LogP contribution in [0, 0.1) is 10.8 Å². The monoisotopic (exact) mass is 1040 g/mol. The molecule has 9 rings (SSSR count). The van der Waals surface area contributed by atoms with E-state index >= 15 is 0 Å². The number of allylic oxidation sites excluding steroid dienone is 2. The second-order valence-corrected chi connectivity index (χ2v) is 53.7. The van der Waals surface area contributed by atoms with Gasteiger partial charge in [0.1, 0.15) is 0 Å². The topological polar surface area (TPSA) is 0 Å². The summed E-state index contributed by atoms with van der Waals surface area (Å²) in [5.74, 6) is 0. The average molecular weight is 1040 g/mol. The molecule has 62 heavy (non-hydrogen) atoms. The zero-order valence-electron chi connectivity index (χ0n) is 38.9. The van der Waals surface area contributed by atoms with Crippen molar-refractivity contribution in [2.45, 2.75) is 101 Å². The van der Waals surface area contributed by atoms with Crippen LogP contribution < -0.4 is 13.7 Å². The van der Waals surface area contributed by atoms with Gasteiger partial charge in [-0.15, -0.1) is 0 Å². The fraction of sp³-hybridized carbons (Fsp3) is 0.310. The van der Waals surface area contributed by atoms with Crippen LogP contribution in [0.4, 0.5) is 0 Å². The number of benzene rings is 6. The molecule has 0 saturated heterocycles. The summed E-state index contributed by atoms with van der Waals surface area (Å²) < 4.78 is 0.958. The molecule has 1 heterocycles. The second-order valence-electron chi connectivity index (χ2n) is 22.6. The van der Waals surface area contributed by atoms with Crippen LogP contribution in [0.2, 0.25) is 0 Å². The first kappa shape index (κ1) is 43.7. The minimum absolute atomic E-state index is 0.0365. The molecule has 6 aromatic rings. The Bertz CT molecular complexity index is 2720. The van der Waals surface area contributed by atoms with Crippen LogP contribution in [-0.4, -0.2) is 9.52 Å². The van der Waals surface area contributed by atoms with E-state index in [0.29, 0.717) is 0 Å². The summed E-state index contributed by atoms with van der Waals surface area (Å²) in [6.45, 7) is 28.3. The van der Waals surface area contributed by atoms with Crippen molar-refractivity contribution < 1.29 is 16.1 Å². The second kappa shape index (κ2) is 14.7. The van der Waals surface area contributed by atoms with Gasteiger partial charge in [0.15, 0.2) is 0 Å². The molecule has 2 atom stereocenters. The minimum atomic E-state index is -6.00. The quantitative estimate of drug-likeness (QED) is 0.151. The first-order chi connectivity index (χ1) is 29.0. The summed E-state index contributed by atoms with van der Waals surface area (Å²) in [6, 6.07) is 48.2. The first-order valence-electron chi connectivity index (χ1n) is 22.7. The molecule has 0 N–H and O–H groups in total. The van der Waals surface area contributed by atoms with E-state index in [0.717, 1.165) is 0 Å². The van der Waals surface area contributed by atoms with Crippen molar-refractivity contribution in [2.75, 3.05) is 0 Å². The number of hydrogen-bond acceptors (Lipinski definition) is 0. The molecule has 6 aromatic carbocycles. The van der Waals surface area contributed by atoms with Gasteiger partial charge in [-0.1, -0.05) is 0 Å². The van der Waals surface area contributed by atoms with Gasteiger partial charge in [0.25, 0.3) is 0 Å².